The van der Waals surface area contributed by atoms with Crippen LogP contribution in [-0.2, 0) is 10.0 Å². The number of nitrogens with one attached hydrogen (secondary N) is 1. The van der Waals surface area contributed by atoms with Gasteiger partial charge in [-0.3, -0.25) is 0 Å². The van der Waals surface area contributed by atoms with Crippen LogP contribution >= 0.6 is 28.3 Å². The van der Waals surface area contributed by atoms with E-state index >= 15 is 0 Å². The Hall–Kier alpha value is -0.140. The number of nitrogens with two attached hydrogens (primary N) is 1. The molecule has 0 aliphatic carbocycles. The Morgan fingerprint density at radius 1 is 1.39 bits per heavy atom. The van der Waals surface area contributed by atoms with Crippen molar-refractivity contribution in [2.75, 3.05) is 6.54 Å². The average molecular weight is 358 g/mol. The van der Waals surface area contributed by atoms with Gasteiger partial charge < -0.3 is 5.73 Å². The van der Waals surface area contributed by atoms with E-state index in [0.29, 0.717) is 4.47 Å². The van der Waals surface area contributed by atoms with Gasteiger partial charge in [-0.1, -0.05) is 6.07 Å². The van der Waals surface area contributed by atoms with Gasteiger partial charge in [-0.05, 0) is 54.4 Å². The van der Waals surface area contributed by atoms with Crippen LogP contribution in [0.2, 0.25) is 0 Å². The highest BCUT2D eigenvalue weighted by Gasteiger charge is 2.20. The van der Waals surface area contributed by atoms with E-state index in [1.165, 1.54) is 0 Å². The Balaban J connectivity index is 0.00000289. The van der Waals surface area contributed by atoms with Crippen LogP contribution in [0.3, 0.4) is 0 Å². The minimum absolute atomic E-state index is 0. The van der Waals surface area contributed by atoms with Crippen LogP contribution in [0.1, 0.15) is 19.4 Å². The summed E-state index contributed by atoms with van der Waals surface area (Å²) < 4.78 is 27.1. The first-order valence-electron chi connectivity index (χ1n) is 5.16. The van der Waals surface area contributed by atoms with Crippen molar-refractivity contribution in [1.82, 2.24) is 4.72 Å². The molecule has 0 aliphatic heterocycles. The summed E-state index contributed by atoms with van der Waals surface area (Å²) in [6.45, 7) is 5.62. The molecule has 0 saturated carbocycles. The molecular formula is C11H18BrClN2O2S. The Kier molecular flexibility index (Phi) is 6.29. The van der Waals surface area contributed by atoms with E-state index < -0.39 is 15.6 Å². The van der Waals surface area contributed by atoms with Crippen LogP contribution in [0.25, 0.3) is 0 Å². The van der Waals surface area contributed by atoms with E-state index in [1.54, 1.807) is 32.0 Å². The lowest BCUT2D eigenvalue weighted by molar-refractivity contribution is 0.498. The number of aryl methyl sites for hydroxylation is 1. The maximum atomic E-state index is 12.0. The molecule has 0 amide bonds. The van der Waals surface area contributed by atoms with Crippen molar-refractivity contribution in [2.45, 2.75) is 31.2 Å². The van der Waals surface area contributed by atoms with Gasteiger partial charge in [0, 0.05) is 16.6 Å². The third-order valence-corrected chi connectivity index (χ3v) is 4.47. The van der Waals surface area contributed by atoms with E-state index in [0.717, 1.165) is 5.56 Å². The smallest absolute Gasteiger partial charge is 0.241 e. The molecule has 0 unspecified atom stereocenters. The highest BCUT2D eigenvalue weighted by Crippen LogP contribution is 2.22. The summed E-state index contributed by atoms with van der Waals surface area (Å²) in [5.74, 6) is 0. The lowest BCUT2D eigenvalue weighted by Gasteiger charge is -2.19. The molecule has 0 spiro atoms. The number of benzene rings is 1. The lowest BCUT2D eigenvalue weighted by Crippen LogP contribution is -2.45. The molecule has 1 aromatic rings. The van der Waals surface area contributed by atoms with Crippen molar-refractivity contribution in [3.05, 3.63) is 28.2 Å². The minimum atomic E-state index is -3.52. The molecule has 3 N–H and O–H groups in total. The summed E-state index contributed by atoms with van der Waals surface area (Å²) >= 11 is 3.25. The quantitative estimate of drug-likeness (QED) is 0.867. The second-order valence-electron chi connectivity index (χ2n) is 4.75. The van der Waals surface area contributed by atoms with E-state index in [-0.39, 0.29) is 23.8 Å². The van der Waals surface area contributed by atoms with Gasteiger partial charge in [-0.25, -0.2) is 13.1 Å². The monoisotopic (exact) mass is 356 g/mol. The van der Waals surface area contributed by atoms with E-state index in [2.05, 4.69) is 20.7 Å². The van der Waals surface area contributed by atoms with E-state index in [9.17, 15) is 8.42 Å². The Bertz CT molecular complexity index is 512. The van der Waals surface area contributed by atoms with Crippen molar-refractivity contribution in [1.29, 1.82) is 0 Å². The molecular weight excluding hydrogens is 340 g/mol. The highest BCUT2D eigenvalue weighted by molar-refractivity contribution is 9.10. The van der Waals surface area contributed by atoms with Crippen molar-refractivity contribution >= 4 is 38.4 Å². The summed E-state index contributed by atoms with van der Waals surface area (Å²) in [4.78, 5) is 0.229. The van der Waals surface area contributed by atoms with Gasteiger partial charge in [0.2, 0.25) is 10.0 Å². The van der Waals surface area contributed by atoms with Gasteiger partial charge in [0.05, 0.1) is 4.90 Å². The summed E-state index contributed by atoms with van der Waals surface area (Å²) in [5.41, 5.74) is 6.16. The number of sulfonamides is 1. The number of halogens is 2. The van der Waals surface area contributed by atoms with Crippen LogP contribution in [0, 0.1) is 6.92 Å². The Labute approximate surface area is 123 Å². The van der Waals surface area contributed by atoms with Crippen LogP contribution in [-0.4, -0.2) is 20.5 Å². The third kappa shape index (κ3) is 5.24. The molecule has 4 nitrogen and oxygen atoms in total. The molecule has 0 aliphatic rings. The molecule has 104 valence electrons. The van der Waals surface area contributed by atoms with Gasteiger partial charge in [0.15, 0.2) is 0 Å². The summed E-state index contributed by atoms with van der Waals surface area (Å²) in [6, 6.07) is 5.10. The standard InChI is InChI=1S/C11H17BrN2O2S.ClH/c1-8-4-5-10(9(12)6-8)17(15,16)14-7-11(2,3)13;/h4-6,14H,7,13H2,1-3H3;1H. The first-order chi connectivity index (χ1) is 7.62. The maximum absolute atomic E-state index is 12.0. The zero-order valence-corrected chi connectivity index (χ0v) is 13.7. The van der Waals surface area contributed by atoms with Gasteiger partial charge in [0.1, 0.15) is 0 Å². The van der Waals surface area contributed by atoms with Crippen molar-refractivity contribution < 1.29 is 8.42 Å². The largest absolute Gasteiger partial charge is 0.324 e. The molecule has 0 aromatic heterocycles. The summed E-state index contributed by atoms with van der Waals surface area (Å²) in [6.07, 6.45) is 0. The van der Waals surface area contributed by atoms with Gasteiger partial charge in [-0.15, -0.1) is 12.4 Å². The van der Waals surface area contributed by atoms with Crippen molar-refractivity contribution in [3.8, 4) is 0 Å². The summed E-state index contributed by atoms with van der Waals surface area (Å²) in [7, 11) is -3.52. The SMILES string of the molecule is Cc1ccc(S(=O)(=O)NCC(C)(C)N)c(Br)c1.Cl. The predicted molar refractivity (Wildman–Crippen MR) is 79.6 cm³/mol. The van der Waals surface area contributed by atoms with Crippen LogP contribution in [0.15, 0.2) is 27.6 Å². The van der Waals surface area contributed by atoms with Crippen molar-refractivity contribution in [2.24, 2.45) is 5.73 Å². The Morgan fingerprint density at radius 3 is 2.39 bits per heavy atom. The number of hydrogen-bond acceptors (Lipinski definition) is 3. The molecule has 0 atom stereocenters. The van der Waals surface area contributed by atoms with Gasteiger partial charge in [-0.2, -0.15) is 0 Å². The zero-order chi connectivity index (χ0) is 13.3. The zero-order valence-electron chi connectivity index (χ0n) is 10.5. The average Bonchev–Trinajstić information content (AvgIpc) is 2.13. The maximum Gasteiger partial charge on any atom is 0.241 e. The number of rotatable bonds is 4. The summed E-state index contributed by atoms with van der Waals surface area (Å²) in [5, 5.41) is 0. The topological polar surface area (TPSA) is 72.2 Å². The van der Waals surface area contributed by atoms with E-state index in [4.69, 9.17) is 5.73 Å². The number of hydrogen-bond donors (Lipinski definition) is 2. The first kappa shape index (κ1) is 17.9. The second kappa shape index (κ2) is 6.34. The fourth-order valence-electron chi connectivity index (χ4n) is 1.18. The Morgan fingerprint density at radius 2 is 1.94 bits per heavy atom. The van der Waals surface area contributed by atoms with Crippen LogP contribution in [0.5, 0.6) is 0 Å². The molecule has 0 radical (unpaired) electrons. The molecule has 18 heavy (non-hydrogen) atoms. The van der Waals surface area contributed by atoms with Gasteiger partial charge >= 0.3 is 0 Å². The highest BCUT2D eigenvalue weighted by atomic mass is 79.9. The third-order valence-electron chi connectivity index (χ3n) is 2.09. The fraction of sp³-hybridized carbons (Fsp3) is 0.455. The van der Waals surface area contributed by atoms with Crippen LogP contribution < -0.4 is 10.5 Å². The predicted octanol–water partition coefficient (Wildman–Crippen LogP) is 2.19. The molecule has 0 fully saturated rings. The second-order valence-corrected chi connectivity index (χ2v) is 7.34. The molecule has 1 aromatic carbocycles. The molecule has 0 bridgehead atoms. The van der Waals surface area contributed by atoms with Crippen molar-refractivity contribution in [3.63, 3.8) is 0 Å². The molecule has 0 saturated heterocycles. The molecule has 1 rings (SSSR count). The lowest BCUT2D eigenvalue weighted by atomic mass is 10.1. The normalized spacial score (nSPS) is 12.1. The van der Waals surface area contributed by atoms with Crippen LogP contribution in [0.4, 0.5) is 0 Å². The minimum Gasteiger partial charge on any atom is -0.324 e. The van der Waals surface area contributed by atoms with E-state index in [1.807, 2.05) is 6.92 Å². The molecule has 7 heteroatoms. The molecule has 0 heterocycles. The fourth-order valence-corrected chi connectivity index (χ4v) is 3.60. The first-order valence-corrected chi connectivity index (χ1v) is 7.44. The van der Waals surface area contributed by atoms with Gasteiger partial charge in [0.25, 0.3) is 0 Å².